The molecule has 1 atom stereocenters. The van der Waals surface area contributed by atoms with Crippen LogP contribution in [0.3, 0.4) is 0 Å². The van der Waals surface area contributed by atoms with E-state index in [1.54, 1.807) is 47.1 Å². The Morgan fingerprint density at radius 2 is 1.71 bits per heavy atom. The van der Waals surface area contributed by atoms with Crippen LogP contribution in [-0.4, -0.2) is 60.6 Å². The van der Waals surface area contributed by atoms with Gasteiger partial charge in [0.2, 0.25) is 11.8 Å². The lowest BCUT2D eigenvalue weighted by Gasteiger charge is -2.33. The van der Waals surface area contributed by atoms with Gasteiger partial charge in [-0.3, -0.25) is 14.4 Å². The number of hydrogen-bond acceptors (Lipinski definition) is 6. The fourth-order valence-corrected chi connectivity index (χ4v) is 5.25. The molecule has 0 bridgehead atoms. The topological polar surface area (TPSA) is 96.4 Å². The molecular weight excluding hydrogens is 544 g/mol. The molecular formula is C32H43ClN2O6. The van der Waals surface area contributed by atoms with E-state index in [-0.39, 0.29) is 42.0 Å². The summed E-state index contributed by atoms with van der Waals surface area (Å²) in [6.07, 6.45) is 0.0974. The predicted molar refractivity (Wildman–Crippen MR) is 160 cm³/mol. The summed E-state index contributed by atoms with van der Waals surface area (Å²) in [4.78, 5) is 42.2. The lowest BCUT2D eigenvalue weighted by molar-refractivity contribution is -0.151. The Labute approximate surface area is 248 Å². The van der Waals surface area contributed by atoms with E-state index >= 15 is 0 Å². The number of esters is 1. The van der Waals surface area contributed by atoms with Crippen LogP contribution < -0.4 is 9.64 Å². The number of anilines is 1. The van der Waals surface area contributed by atoms with Gasteiger partial charge >= 0.3 is 5.97 Å². The molecule has 1 saturated heterocycles. The van der Waals surface area contributed by atoms with Crippen molar-refractivity contribution in [1.29, 1.82) is 0 Å². The van der Waals surface area contributed by atoms with E-state index in [2.05, 4.69) is 0 Å². The molecule has 2 aromatic carbocycles. The Hall–Kier alpha value is -3.10. The molecule has 1 aliphatic rings. The van der Waals surface area contributed by atoms with Gasteiger partial charge in [0.15, 0.2) is 0 Å². The van der Waals surface area contributed by atoms with Crippen LogP contribution in [0, 0.1) is 11.3 Å². The Balaban J connectivity index is 1.81. The van der Waals surface area contributed by atoms with Crippen LogP contribution in [0.5, 0.6) is 5.75 Å². The highest BCUT2D eigenvalue weighted by molar-refractivity contribution is 6.30. The van der Waals surface area contributed by atoms with Gasteiger partial charge in [0.1, 0.15) is 11.9 Å². The summed E-state index contributed by atoms with van der Waals surface area (Å²) >= 11 is 6.38. The molecule has 2 amide bonds. The number of carbonyl (C=O) groups excluding carboxylic acids is 3. The van der Waals surface area contributed by atoms with Crippen molar-refractivity contribution < 1.29 is 29.0 Å². The summed E-state index contributed by atoms with van der Waals surface area (Å²) < 4.78 is 10.9. The molecule has 0 saturated carbocycles. The molecule has 9 heteroatoms. The predicted octanol–water partition coefficient (Wildman–Crippen LogP) is 5.78. The maximum absolute atomic E-state index is 13.7. The van der Waals surface area contributed by atoms with Crippen molar-refractivity contribution >= 4 is 35.1 Å². The number of likely N-dealkylation sites (tertiary alicyclic amines) is 1. The number of rotatable bonds is 11. The zero-order valence-electron chi connectivity index (χ0n) is 24.8. The summed E-state index contributed by atoms with van der Waals surface area (Å²) in [5, 5.41) is 12.0. The minimum absolute atomic E-state index is 0.0143. The first kappa shape index (κ1) is 32.4. The third-order valence-corrected chi connectivity index (χ3v) is 7.28. The smallest absolute Gasteiger partial charge is 0.309 e. The van der Waals surface area contributed by atoms with Crippen LogP contribution in [0.25, 0.3) is 0 Å². The molecule has 1 aliphatic heterocycles. The number of carbonyl (C=O) groups is 3. The number of aliphatic hydroxyl groups excluding tert-OH is 1. The summed E-state index contributed by atoms with van der Waals surface area (Å²) in [6.45, 7) is 11.8. The maximum atomic E-state index is 13.7. The second-order valence-corrected chi connectivity index (χ2v) is 12.0. The fraction of sp³-hybridized carbons (Fsp3) is 0.531. The molecule has 1 heterocycles. The number of piperidine rings is 1. The van der Waals surface area contributed by atoms with Gasteiger partial charge in [0, 0.05) is 54.3 Å². The summed E-state index contributed by atoms with van der Waals surface area (Å²) in [5.41, 5.74) is 1.33. The van der Waals surface area contributed by atoms with E-state index in [0.717, 1.165) is 0 Å². The number of nitrogens with zero attached hydrogens (tertiary/aromatic N) is 2. The van der Waals surface area contributed by atoms with E-state index < -0.39 is 6.10 Å². The van der Waals surface area contributed by atoms with Crippen molar-refractivity contribution in [3.8, 4) is 5.75 Å². The zero-order valence-corrected chi connectivity index (χ0v) is 25.6. The van der Waals surface area contributed by atoms with Gasteiger partial charge in [-0.2, -0.15) is 0 Å². The third kappa shape index (κ3) is 8.94. The van der Waals surface area contributed by atoms with Crippen molar-refractivity contribution in [3.63, 3.8) is 0 Å². The van der Waals surface area contributed by atoms with Crippen LogP contribution in [0.4, 0.5) is 5.69 Å². The summed E-state index contributed by atoms with van der Waals surface area (Å²) in [6, 6.07) is 12.4. The first-order valence-corrected chi connectivity index (χ1v) is 14.8. The molecule has 1 N–H and O–H groups in total. The van der Waals surface area contributed by atoms with Crippen molar-refractivity contribution in [3.05, 3.63) is 58.6 Å². The first-order chi connectivity index (χ1) is 19.4. The molecule has 8 nitrogen and oxygen atoms in total. The zero-order chi connectivity index (χ0) is 30.2. The second kappa shape index (κ2) is 14.7. The van der Waals surface area contributed by atoms with E-state index in [9.17, 15) is 19.5 Å². The van der Waals surface area contributed by atoms with Crippen LogP contribution in [0.15, 0.2) is 42.5 Å². The minimum atomic E-state index is -1.09. The van der Waals surface area contributed by atoms with Crippen LogP contribution in [0.2, 0.25) is 5.02 Å². The SMILES string of the molecule is CCOC(=O)C1CCN(C(=O)CCC(=O)N(CC(C)(C)C)c2ccc(Cl)cc2C(O)c2ccccc2OCC)CC1. The number of hydrogen-bond donors (Lipinski definition) is 1. The standard InChI is InChI=1S/C32H43ClN2O6/c1-6-40-27-11-9-8-10-24(27)30(38)25-20-23(33)12-13-26(25)35(21-32(3,4)5)29(37)15-14-28(36)34-18-16-22(17-19-34)31(39)41-7-2/h8-13,20,22,30,38H,6-7,14-19,21H2,1-5H3. The molecule has 0 spiro atoms. The van der Waals surface area contributed by atoms with Crippen molar-refractivity contribution in [1.82, 2.24) is 4.90 Å². The van der Waals surface area contributed by atoms with Gasteiger partial charge in [-0.15, -0.1) is 0 Å². The largest absolute Gasteiger partial charge is 0.493 e. The molecule has 1 unspecified atom stereocenters. The highest BCUT2D eigenvalue weighted by Gasteiger charge is 2.31. The molecule has 2 aromatic rings. The van der Waals surface area contributed by atoms with Crippen molar-refractivity contribution in [2.24, 2.45) is 11.3 Å². The highest BCUT2D eigenvalue weighted by atomic mass is 35.5. The normalized spacial score (nSPS) is 14.9. The molecule has 1 fully saturated rings. The number of ether oxygens (including phenoxy) is 2. The van der Waals surface area contributed by atoms with Crippen LogP contribution in [-0.2, 0) is 19.1 Å². The molecule has 224 valence electrons. The van der Waals surface area contributed by atoms with Gasteiger partial charge in [-0.25, -0.2) is 0 Å². The molecule has 3 rings (SSSR count). The van der Waals surface area contributed by atoms with Gasteiger partial charge in [0.05, 0.1) is 19.1 Å². The van der Waals surface area contributed by atoms with Gasteiger partial charge < -0.3 is 24.4 Å². The molecule has 0 aromatic heterocycles. The number of amides is 2. The quantitative estimate of drug-likeness (QED) is 0.335. The van der Waals surface area contributed by atoms with E-state index in [4.69, 9.17) is 21.1 Å². The monoisotopic (exact) mass is 586 g/mol. The highest BCUT2D eigenvalue weighted by Crippen LogP contribution is 2.38. The average Bonchev–Trinajstić information content (AvgIpc) is 2.94. The van der Waals surface area contributed by atoms with Crippen molar-refractivity contribution in [2.75, 3.05) is 37.7 Å². The minimum Gasteiger partial charge on any atom is -0.493 e. The Morgan fingerprint density at radius 1 is 1.02 bits per heavy atom. The molecule has 0 radical (unpaired) electrons. The lowest BCUT2D eigenvalue weighted by atomic mass is 9.93. The third-order valence-electron chi connectivity index (χ3n) is 7.04. The number of para-hydroxylation sites is 1. The fourth-order valence-electron chi connectivity index (χ4n) is 5.06. The van der Waals surface area contributed by atoms with E-state index in [1.807, 2.05) is 39.8 Å². The summed E-state index contributed by atoms with van der Waals surface area (Å²) in [5.74, 6) is -0.177. The van der Waals surface area contributed by atoms with Crippen LogP contribution >= 0.6 is 11.6 Å². The van der Waals surface area contributed by atoms with E-state index in [1.165, 1.54) is 0 Å². The maximum Gasteiger partial charge on any atom is 0.309 e. The van der Waals surface area contributed by atoms with Crippen LogP contribution in [0.1, 0.15) is 77.5 Å². The van der Waals surface area contributed by atoms with Crippen molar-refractivity contribution in [2.45, 2.75) is 66.4 Å². The Kier molecular flexibility index (Phi) is 11.6. The van der Waals surface area contributed by atoms with Gasteiger partial charge in [0.25, 0.3) is 0 Å². The number of halogens is 1. The Bertz CT molecular complexity index is 1200. The van der Waals surface area contributed by atoms with Gasteiger partial charge in [-0.1, -0.05) is 50.6 Å². The number of aliphatic hydroxyl groups is 1. The van der Waals surface area contributed by atoms with Gasteiger partial charge in [-0.05, 0) is 56.4 Å². The number of benzene rings is 2. The molecule has 0 aliphatic carbocycles. The Morgan fingerprint density at radius 3 is 2.34 bits per heavy atom. The summed E-state index contributed by atoms with van der Waals surface area (Å²) in [7, 11) is 0. The van der Waals surface area contributed by atoms with E-state index in [0.29, 0.717) is 73.3 Å². The molecule has 41 heavy (non-hydrogen) atoms. The first-order valence-electron chi connectivity index (χ1n) is 14.4. The lowest BCUT2D eigenvalue weighted by Crippen LogP contribution is -2.42. The second-order valence-electron chi connectivity index (χ2n) is 11.5. The average molecular weight is 587 g/mol.